The summed E-state index contributed by atoms with van der Waals surface area (Å²) in [6.45, 7) is 10.9. The Bertz CT molecular complexity index is 827. The summed E-state index contributed by atoms with van der Waals surface area (Å²) in [5.74, 6) is 0.144. The number of carbonyl (C=O) groups excluding carboxylic acids is 1. The molecule has 1 atom stereocenters. The van der Waals surface area contributed by atoms with Crippen molar-refractivity contribution in [1.82, 2.24) is 24.6 Å². The Morgan fingerprint density at radius 2 is 2.12 bits per heavy atom. The molecule has 0 bridgehead atoms. The molecule has 140 valence electrons. The number of nitrogens with zero attached hydrogens (tertiary/aromatic N) is 5. The average Bonchev–Trinajstić information content (AvgIpc) is 3.22. The van der Waals surface area contributed by atoms with E-state index in [2.05, 4.69) is 16.9 Å². The summed E-state index contributed by atoms with van der Waals surface area (Å²) < 4.78 is 1.98. The summed E-state index contributed by atoms with van der Waals surface area (Å²) in [4.78, 5) is 22.7. The van der Waals surface area contributed by atoms with Gasteiger partial charge in [0.15, 0.2) is 5.65 Å². The van der Waals surface area contributed by atoms with Gasteiger partial charge in [-0.25, -0.2) is 9.67 Å². The molecule has 1 amide bonds. The Morgan fingerprint density at radius 3 is 2.92 bits per heavy atom. The van der Waals surface area contributed by atoms with Gasteiger partial charge in [-0.15, -0.1) is 0 Å². The number of amides is 1. The summed E-state index contributed by atoms with van der Waals surface area (Å²) in [6, 6.07) is 2.49. The smallest absolute Gasteiger partial charge is 0.254 e. The van der Waals surface area contributed by atoms with E-state index in [-0.39, 0.29) is 5.91 Å². The average molecular weight is 355 g/mol. The van der Waals surface area contributed by atoms with E-state index < -0.39 is 0 Å². The molecule has 4 rings (SSSR count). The highest BCUT2D eigenvalue weighted by Gasteiger charge is 2.33. The second-order valence-corrected chi connectivity index (χ2v) is 7.76. The molecule has 2 aliphatic heterocycles. The summed E-state index contributed by atoms with van der Waals surface area (Å²) in [5, 5.41) is 5.62. The van der Waals surface area contributed by atoms with Gasteiger partial charge >= 0.3 is 0 Å². The number of aromatic nitrogens is 3. The molecule has 26 heavy (non-hydrogen) atoms. The number of fused-ring (bicyclic) bond motifs is 2. The van der Waals surface area contributed by atoms with Crippen LogP contribution >= 0.6 is 0 Å². The Labute approximate surface area is 155 Å². The van der Waals surface area contributed by atoms with Crippen LogP contribution in [0.2, 0.25) is 0 Å². The van der Waals surface area contributed by atoms with Gasteiger partial charge in [0.05, 0.1) is 16.6 Å². The van der Waals surface area contributed by atoms with Gasteiger partial charge in [-0.3, -0.25) is 9.69 Å². The number of rotatable bonds is 4. The fourth-order valence-electron chi connectivity index (χ4n) is 4.46. The first-order valence-corrected chi connectivity index (χ1v) is 9.96. The van der Waals surface area contributed by atoms with Crippen LogP contribution in [-0.2, 0) is 6.54 Å². The summed E-state index contributed by atoms with van der Waals surface area (Å²) in [6.07, 6.45) is 4.65. The number of pyridine rings is 1. The maximum atomic E-state index is 13.4. The molecule has 6 heteroatoms. The largest absolute Gasteiger partial charge is 0.336 e. The van der Waals surface area contributed by atoms with E-state index in [1.807, 2.05) is 29.5 Å². The van der Waals surface area contributed by atoms with E-state index >= 15 is 0 Å². The summed E-state index contributed by atoms with van der Waals surface area (Å²) in [7, 11) is 0. The van der Waals surface area contributed by atoms with Crippen LogP contribution < -0.4 is 0 Å². The molecule has 0 N–H and O–H groups in total. The van der Waals surface area contributed by atoms with Crippen molar-refractivity contribution >= 4 is 16.9 Å². The Kier molecular flexibility index (Phi) is 4.69. The third-order valence-electron chi connectivity index (χ3n) is 5.83. The lowest BCUT2D eigenvalue weighted by Crippen LogP contribution is -2.52. The van der Waals surface area contributed by atoms with Crippen molar-refractivity contribution in [2.24, 2.45) is 0 Å². The number of hydrogen-bond acceptors (Lipinski definition) is 4. The first-order valence-electron chi connectivity index (χ1n) is 9.96. The first kappa shape index (κ1) is 17.5. The highest BCUT2D eigenvalue weighted by atomic mass is 16.2. The lowest BCUT2D eigenvalue weighted by molar-refractivity contribution is 0.0573. The molecule has 4 heterocycles. The van der Waals surface area contributed by atoms with Crippen LogP contribution in [0.25, 0.3) is 11.0 Å². The van der Waals surface area contributed by atoms with Crippen LogP contribution in [0.4, 0.5) is 0 Å². The monoisotopic (exact) mass is 355 g/mol. The molecular weight excluding hydrogens is 326 g/mol. The first-order chi connectivity index (χ1) is 12.6. The molecule has 0 spiro atoms. The van der Waals surface area contributed by atoms with Crippen LogP contribution in [-0.4, -0.2) is 62.7 Å². The second kappa shape index (κ2) is 6.99. The van der Waals surface area contributed by atoms with Crippen LogP contribution in [0.15, 0.2) is 6.07 Å². The van der Waals surface area contributed by atoms with Crippen LogP contribution in [0, 0.1) is 13.8 Å². The quantitative estimate of drug-likeness (QED) is 0.846. The summed E-state index contributed by atoms with van der Waals surface area (Å²) >= 11 is 0. The number of aryl methyl sites for hydroxylation is 3. The minimum absolute atomic E-state index is 0.144. The van der Waals surface area contributed by atoms with Crippen molar-refractivity contribution in [3.05, 3.63) is 23.0 Å². The van der Waals surface area contributed by atoms with Crippen molar-refractivity contribution < 1.29 is 4.79 Å². The maximum absolute atomic E-state index is 13.4. The van der Waals surface area contributed by atoms with Gasteiger partial charge in [0, 0.05) is 37.9 Å². The van der Waals surface area contributed by atoms with Crippen molar-refractivity contribution in [1.29, 1.82) is 0 Å². The Morgan fingerprint density at radius 1 is 1.27 bits per heavy atom. The van der Waals surface area contributed by atoms with Gasteiger partial charge in [0.1, 0.15) is 0 Å². The molecule has 2 aliphatic rings. The molecule has 2 saturated heterocycles. The molecule has 2 aromatic heterocycles. The minimum Gasteiger partial charge on any atom is -0.336 e. The SMILES string of the molecule is CCCCn1nc(C)c2c(C(=O)N3CCN4CCCC4C3)cc(C)nc21. The van der Waals surface area contributed by atoms with E-state index in [0.717, 1.165) is 67.0 Å². The highest BCUT2D eigenvalue weighted by molar-refractivity contribution is 6.06. The lowest BCUT2D eigenvalue weighted by Gasteiger charge is -2.37. The standard InChI is InChI=1S/C20H29N5O/c1-4-5-9-25-19-18(15(3)22-25)17(12-14(2)21-19)20(26)24-11-10-23-8-6-7-16(23)13-24/h12,16H,4-11,13H2,1-3H3. The molecule has 0 aromatic carbocycles. The normalized spacial score (nSPS) is 20.7. The van der Waals surface area contributed by atoms with Gasteiger partial charge in [-0.2, -0.15) is 5.10 Å². The van der Waals surface area contributed by atoms with E-state index in [0.29, 0.717) is 6.04 Å². The van der Waals surface area contributed by atoms with Gasteiger partial charge in [-0.05, 0) is 45.7 Å². The maximum Gasteiger partial charge on any atom is 0.254 e. The molecule has 0 saturated carbocycles. The van der Waals surface area contributed by atoms with Crippen molar-refractivity contribution in [2.75, 3.05) is 26.2 Å². The molecule has 2 aromatic rings. The third kappa shape index (κ3) is 3.00. The van der Waals surface area contributed by atoms with Crippen molar-refractivity contribution in [3.8, 4) is 0 Å². The molecular formula is C20H29N5O. The molecule has 1 unspecified atom stereocenters. The summed E-state index contributed by atoms with van der Waals surface area (Å²) in [5.41, 5.74) is 3.43. The lowest BCUT2D eigenvalue weighted by atomic mass is 10.1. The van der Waals surface area contributed by atoms with E-state index in [4.69, 9.17) is 4.98 Å². The van der Waals surface area contributed by atoms with Gasteiger partial charge < -0.3 is 4.90 Å². The topological polar surface area (TPSA) is 54.3 Å². The Hall–Kier alpha value is -1.95. The Balaban J connectivity index is 1.69. The van der Waals surface area contributed by atoms with Crippen molar-refractivity contribution in [2.45, 2.75) is 59.0 Å². The third-order valence-corrected chi connectivity index (χ3v) is 5.83. The van der Waals surface area contributed by atoms with E-state index in [1.165, 1.54) is 19.4 Å². The van der Waals surface area contributed by atoms with Gasteiger partial charge in [-0.1, -0.05) is 13.3 Å². The van der Waals surface area contributed by atoms with E-state index in [1.54, 1.807) is 0 Å². The van der Waals surface area contributed by atoms with Gasteiger partial charge in [0.25, 0.3) is 5.91 Å². The highest BCUT2D eigenvalue weighted by Crippen LogP contribution is 2.27. The fraction of sp³-hybridized carbons (Fsp3) is 0.650. The zero-order valence-electron chi connectivity index (χ0n) is 16.2. The van der Waals surface area contributed by atoms with Gasteiger partial charge in [0.2, 0.25) is 0 Å². The fourth-order valence-corrected chi connectivity index (χ4v) is 4.46. The second-order valence-electron chi connectivity index (χ2n) is 7.76. The van der Waals surface area contributed by atoms with Crippen LogP contribution in [0.5, 0.6) is 0 Å². The zero-order valence-corrected chi connectivity index (χ0v) is 16.2. The number of unbranched alkanes of at least 4 members (excludes halogenated alkanes) is 1. The number of piperazine rings is 1. The minimum atomic E-state index is 0.144. The number of hydrogen-bond donors (Lipinski definition) is 0. The molecule has 0 radical (unpaired) electrons. The predicted molar refractivity (Wildman–Crippen MR) is 102 cm³/mol. The van der Waals surface area contributed by atoms with E-state index in [9.17, 15) is 4.79 Å². The number of carbonyl (C=O) groups is 1. The molecule has 0 aliphatic carbocycles. The molecule has 6 nitrogen and oxygen atoms in total. The van der Waals surface area contributed by atoms with Crippen molar-refractivity contribution in [3.63, 3.8) is 0 Å². The predicted octanol–water partition coefficient (Wildman–Crippen LogP) is 2.77. The van der Waals surface area contributed by atoms with Crippen LogP contribution in [0.3, 0.4) is 0 Å². The van der Waals surface area contributed by atoms with Crippen LogP contribution in [0.1, 0.15) is 54.4 Å². The zero-order chi connectivity index (χ0) is 18.3. The molecule has 2 fully saturated rings.